The van der Waals surface area contributed by atoms with Gasteiger partial charge < -0.3 is 14.8 Å². The van der Waals surface area contributed by atoms with Crippen LogP contribution in [0.15, 0.2) is 48.5 Å². The molecule has 2 aromatic carbocycles. The molecule has 0 aliphatic heterocycles. The van der Waals surface area contributed by atoms with Crippen molar-refractivity contribution in [1.82, 2.24) is 5.32 Å². The summed E-state index contributed by atoms with van der Waals surface area (Å²) in [6.07, 6.45) is 1.14. The molecule has 140 valence electrons. The Hall–Kier alpha value is -2.49. The van der Waals surface area contributed by atoms with E-state index in [4.69, 9.17) is 9.47 Å². The van der Waals surface area contributed by atoms with E-state index >= 15 is 0 Å². The van der Waals surface area contributed by atoms with Crippen LogP contribution in [0, 0.1) is 0 Å². The fourth-order valence-corrected chi connectivity index (χ4v) is 2.76. The quantitative estimate of drug-likeness (QED) is 0.690. The van der Waals surface area contributed by atoms with E-state index in [1.807, 2.05) is 50.2 Å². The van der Waals surface area contributed by atoms with Crippen molar-refractivity contribution in [2.75, 3.05) is 19.8 Å². The van der Waals surface area contributed by atoms with Gasteiger partial charge in [0.2, 0.25) is 5.91 Å². The standard InChI is InChI=1S/C22H29NO3/c1-4-25-20-13-11-18(15-21(20)26-5-2)12-14-22(24)23-16-17(3)19-9-7-6-8-10-19/h6-11,13,15,17H,4-5,12,14,16H2,1-3H3,(H,23,24). The molecule has 0 radical (unpaired) electrons. The number of ether oxygens (including phenoxy) is 2. The van der Waals surface area contributed by atoms with Crippen molar-refractivity contribution in [3.05, 3.63) is 59.7 Å². The summed E-state index contributed by atoms with van der Waals surface area (Å²) < 4.78 is 11.2. The Kier molecular flexibility index (Phi) is 8.00. The van der Waals surface area contributed by atoms with E-state index in [1.165, 1.54) is 5.56 Å². The Bertz CT molecular complexity index is 685. The third kappa shape index (κ3) is 6.10. The smallest absolute Gasteiger partial charge is 0.220 e. The van der Waals surface area contributed by atoms with E-state index in [9.17, 15) is 4.79 Å². The summed E-state index contributed by atoms with van der Waals surface area (Å²) in [7, 11) is 0. The van der Waals surface area contributed by atoms with Gasteiger partial charge in [0.25, 0.3) is 0 Å². The Balaban J connectivity index is 1.84. The Labute approximate surface area is 156 Å². The predicted molar refractivity (Wildman–Crippen MR) is 105 cm³/mol. The Morgan fingerprint density at radius 2 is 1.69 bits per heavy atom. The van der Waals surface area contributed by atoms with Crippen LogP contribution in [-0.4, -0.2) is 25.7 Å². The molecule has 0 saturated heterocycles. The van der Waals surface area contributed by atoms with Crippen LogP contribution in [0.4, 0.5) is 0 Å². The second-order valence-corrected chi connectivity index (χ2v) is 6.26. The molecule has 0 aliphatic carbocycles. The maximum Gasteiger partial charge on any atom is 0.220 e. The van der Waals surface area contributed by atoms with E-state index in [0.717, 1.165) is 17.1 Å². The zero-order chi connectivity index (χ0) is 18.8. The lowest BCUT2D eigenvalue weighted by Gasteiger charge is -2.14. The number of rotatable bonds is 10. The van der Waals surface area contributed by atoms with Gasteiger partial charge in [-0.3, -0.25) is 4.79 Å². The fourth-order valence-electron chi connectivity index (χ4n) is 2.76. The van der Waals surface area contributed by atoms with Crippen LogP contribution in [0.2, 0.25) is 0 Å². The lowest BCUT2D eigenvalue weighted by atomic mass is 10.0. The van der Waals surface area contributed by atoms with Crippen molar-refractivity contribution in [3.63, 3.8) is 0 Å². The molecule has 0 heterocycles. The number of hydrogen-bond donors (Lipinski definition) is 1. The second-order valence-electron chi connectivity index (χ2n) is 6.26. The van der Waals surface area contributed by atoms with Gasteiger partial charge in [-0.2, -0.15) is 0 Å². The van der Waals surface area contributed by atoms with Crippen molar-refractivity contribution >= 4 is 5.91 Å². The number of benzene rings is 2. The summed E-state index contributed by atoms with van der Waals surface area (Å²) in [4.78, 5) is 12.2. The molecule has 1 atom stereocenters. The topological polar surface area (TPSA) is 47.6 Å². The summed E-state index contributed by atoms with van der Waals surface area (Å²) in [5, 5.41) is 3.03. The first-order valence-electron chi connectivity index (χ1n) is 9.34. The molecule has 0 fully saturated rings. The van der Waals surface area contributed by atoms with E-state index < -0.39 is 0 Å². The molecule has 1 unspecified atom stereocenters. The second kappa shape index (κ2) is 10.5. The Morgan fingerprint density at radius 1 is 1.00 bits per heavy atom. The van der Waals surface area contributed by atoms with Crippen molar-refractivity contribution < 1.29 is 14.3 Å². The molecular formula is C22H29NO3. The molecule has 0 saturated carbocycles. The highest BCUT2D eigenvalue weighted by Gasteiger charge is 2.10. The summed E-state index contributed by atoms with van der Waals surface area (Å²) in [6.45, 7) is 7.85. The molecule has 0 bridgehead atoms. The number of hydrogen-bond acceptors (Lipinski definition) is 3. The van der Waals surface area contributed by atoms with Gasteiger partial charge in [-0.05, 0) is 49.4 Å². The molecular weight excluding hydrogens is 326 g/mol. The molecule has 2 rings (SSSR count). The van der Waals surface area contributed by atoms with Crippen LogP contribution in [0.25, 0.3) is 0 Å². The summed E-state index contributed by atoms with van der Waals surface area (Å²) in [5.74, 6) is 1.86. The highest BCUT2D eigenvalue weighted by Crippen LogP contribution is 2.29. The molecule has 26 heavy (non-hydrogen) atoms. The lowest BCUT2D eigenvalue weighted by molar-refractivity contribution is -0.121. The maximum absolute atomic E-state index is 12.2. The first-order valence-corrected chi connectivity index (χ1v) is 9.34. The monoisotopic (exact) mass is 355 g/mol. The molecule has 4 nitrogen and oxygen atoms in total. The fraction of sp³-hybridized carbons (Fsp3) is 0.409. The van der Waals surface area contributed by atoms with Crippen LogP contribution in [-0.2, 0) is 11.2 Å². The zero-order valence-electron chi connectivity index (χ0n) is 16.0. The average Bonchev–Trinajstić information content (AvgIpc) is 2.67. The molecule has 0 spiro atoms. The van der Waals surface area contributed by atoms with Gasteiger partial charge >= 0.3 is 0 Å². The third-order valence-corrected chi connectivity index (χ3v) is 4.22. The van der Waals surface area contributed by atoms with Gasteiger partial charge in [0.1, 0.15) is 0 Å². The molecule has 2 aromatic rings. The molecule has 0 aromatic heterocycles. The number of amides is 1. The van der Waals surface area contributed by atoms with Crippen LogP contribution in [0.3, 0.4) is 0 Å². The van der Waals surface area contributed by atoms with Gasteiger partial charge in [-0.15, -0.1) is 0 Å². The largest absolute Gasteiger partial charge is 0.490 e. The van der Waals surface area contributed by atoms with Crippen molar-refractivity contribution in [2.24, 2.45) is 0 Å². The Morgan fingerprint density at radius 3 is 2.38 bits per heavy atom. The first kappa shape index (κ1) is 19.8. The predicted octanol–water partition coefficient (Wildman–Crippen LogP) is 4.34. The van der Waals surface area contributed by atoms with Crippen LogP contribution in [0.1, 0.15) is 44.2 Å². The molecule has 1 amide bonds. The molecule has 0 aliphatic rings. The highest BCUT2D eigenvalue weighted by atomic mass is 16.5. The highest BCUT2D eigenvalue weighted by molar-refractivity contribution is 5.76. The van der Waals surface area contributed by atoms with Gasteiger partial charge in [0.15, 0.2) is 11.5 Å². The number of carbonyl (C=O) groups excluding carboxylic acids is 1. The number of carbonyl (C=O) groups is 1. The molecule has 1 N–H and O–H groups in total. The number of aryl methyl sites for hydroxylation is 1. The minimum Gasteiger partial charge on any atom is -0.490 e. The van der Waals surface area contributed by atoms with Crippen molar-refractivity contribution in [2.45, 2.75) is 39.5 Å². The SMILES string of the molecule is CCOc1ccc(CCC(=O)NCC(C)c2ccccc2)cc1OCC. The third-order valence-electron chi connectivity index (χ3n) is 4.22. The van der Waals surface area contributed by atoms with Crippen LogP contribution < -0.4 is 14.8 Å². The maximum atomic E-state index is 12.2. The van der Waals surface area contributed by atoms with Crippen LogP contribution >= 0.6 is 0 Å². The first-order chi connectivity index (χ1) is 12.6. The normalized spacial score (nSPS) is 11.7. The summed E-state index contributed by atoms with van der Waals surface area (Å²) in [6, 6.07) is 16.1. The summed E-state index contributed by atoms with van der Waals surface area (Å²) in [5.41, 5.74) is 2.31. The molecule has 4 heteroatoms. The van der Waals surface area contributed by atoms with Gasteiger partial charge in [0, 0.05) is 13.0 Å². The van der Waals surface area contributed by atoms with E-state index in [2.05, 4.69) is 24.4 Å². The zero-order valence-corrected chi connectivity index (χ0v) is 16.0. The van der Waals surface area contributed by atoms with Crippen LogP contribution in [0.5, 0.6) is 11.5 Å². The summed E-state index contributed by atoms with van der Waals surface area (Å²) >= 11 is 0. The number of nitrogens with one attached hydrogen (secondary N) is 1. The minimum atomic E-state index is 0.0691. The van der Waals surface area contributed by atoms with Gasteiger partial charge in [-0.25, -0.2) is 0 Å². The van der Waals surface area contributed by atoms with E-state index in [0.29, 0.717) is 38.5 Å². The lowest BCUT2D eigenvalue weighted by Crippen LogP contribution is -2.27. The van der Waals surface area contributed by atoms with Crippen molar-refractivity contribution in [3.8, 4) is 11.5 Å². The minimum absolute atomic E-state index is 0.0691. The average molecular weight is 355 g/mol. The van der Waals surface area contributed by atoms with Gasteiger partial charge in [0.05, 0.1) is 13.2 Å². The van der Waals surface area contributed by atoms with Gasteiger partial charge in [-0.1, -0.05) is 43.3 Å². The van der Waals surface area contributed by atoms with E-state index in [-0.39, 0.29) is 5.91 Å². The van der Waals surface area contributed by atoms with E-state index in [1.54, 1.807) is 0 Å². The van der Waals surface area contributed by atoms with Crippen molar-refractivity contribution in [1.29, 1.82) is 0 Å².